The minimum absolute atomic E-state index is 0.0165. The number of carbonyl (C=O) groups is 1. The number of anilines is 2. The number of carbonyl (C=O) groups excluding carboxylic acids is 1. The summed E-state index contributed by atoms with van der Waals surface area (Å²) < 4.78 is 5.66. The molecule has 3 aromatic rings. The predicted molar refractivity (Wildman–Crippen MR) is 102 cm³/mol. The van der Waals surface area contributed by atoms with E-state index in [1.54, 1.807) is 6.07 Å². The van der Waals surface area contributed by atoms with E-state index in [0.717, 1.165) is 36.0 Å². The zero-order valence-corrected chi connectivity index (χ0v) is 14.6. The number of fused-ring (bicyclic) bond motifs is 2. The van der Waals surface area contributed by atoms with Crippen LogP contribution < -0.4 is 10.6 Å². The average molecular weight is 351 g/mol. The van der Waals surface area contributed by atoms with E-state index in [9.17, 15) is 9.90 Å². The lowest BCUT2D eigenvalue weighted by molar-refractivity contribution is 0.104. The summed E-state index contributed by atoms with van der Waals surface area (Å²) in [5.74, 6) is 0.568. The Balaban J connectivity index is 1.94. The number of unbranched alkanes of at least 4 members (excludes halogenated alkanes) is 1. The number of nitrogens with one attached hydrogen (secondary N) is 2. The van der Waals surface area contributed by atoms with Gasteiger partial charge in [0.25, 0.3) is 0 Å². The summed E-state index contributed by atoms with van der Waals surface area (Å²) in [4.78, 5) is 13.2. The number of rotatable bonds is 7. The topological polar surface area (TPSA) is 87.4 Å². The van der Waals surface area contributed by atoms with Gasteiger partial charge in [0.05, 0.1) is 23.2 Å². The Labute approximate surface area is 151 Å². The summed E-state index contributed by atoms with van der Waals surface area (Å²) in [6.07, 6.45) is 2.12. The van der Waals surface area contributed by atoms with E-state index in [1.165, 1.54) is 0 Å². The van der Waals surface area contributed by atoms with Gasteiger partial charge in [0, 0.05) is 29.9 Å². The first-order chi connectivity index (χ1) is 12.8. The number of aromatic nitrogens is 1. The Kier molecular flexibility index (Phi) is 4.34. The summed E-state index contributed by atoms with van der Waals surface area (Å²) in [5.41, 5.74) is 4.13. The number of hydrogen-bond acceptors (Lipinski definition) is 6. The maximum Gasteiger partial charge on any atom is 0.196 e. The van der Waals surface area contributed by atoms with Crippen molar-refractivity contribution in [2.75, 3.05) is 30.3 Å². The molecule has 2 aromatic carbocycles. The molecular formula is C20H21N3O3. The van der Waals surface area contributed by atoms with Crippen LogP contribution in [0.2, 0.25) is 0 Å². The second-order valence-electron chi connectivity index (χ2n) is 6.39. The van der Waals surface area contributed by atoms with Crippen LogP contribution in [-0.2, 0) is 0 Å². The van der Waals surface area contributed by atoms with Crippen molar-refractivity contribution >= 4 is 28.1 Å². The Morgan fingerprint density at radius 2 is 1.88 bits per heavy atom. The highest BCUT2D eigenvalue weighted by Gasteiger charge is 2.32. The highest BCUT2D eigenvalue weighted by Crippen LogP contribution is 2.44. The molecule has 1 aliphatic carbocycles. The van der Waals surface area contributed by atoms with Gasteiger partial charge in [0.2, 0.25) is 0 Å². The molecule has 0 atom stereocenters. The Morgan fingerprint density at radius 1 is 1.12 bits per heavy atom. The molecule has 26 heavy (non-hydrogen) atoms. The summed E-state index contributed by atoms with van der Waals surface area (Å²) in [5, 5.41) is 20.8. The standard InChI is InChI=1S/C20H21N3O3/c1-2-3-8-21-15-11-14(22-9-10-24)16-17-18(15)23-26-20(17)13-7-5-4-6-12(13)19(16)25/h4-7,11,21-22,24H,2-3,8-10H2,1H3. The first-order valence-electron chi connectivity index (χ1n) is 8.95. The third-order valence-corrected chi connectivity index (χ3v) is 4.67. The summed E-state index contributed by atoms with van der Waals surface area (Å²) >= 11 is 0. The first-order valence-corrected chi connectivity index (χ1v) is 8.95. The van der Waals surface area contributed by atoms with Gasteiger partial charge in [0.1, 0.15) is 5.52 Å². The van der Waals surface area contributed by atoms with Crippen LogP contribution in [0.1, 0.15) is 35.7 Å². The van der Waals surface area contributed by atoms with Crippen molar-refractivity contribution in [3.63, 3.8) is 0 Å². The zero-order chi connectivity index (χ0) is 18.1. The molecule has 0 fully saturated rings. The van der Waals surface area contributed by atoms with E-state index in [2.05, 4.69) is 22.7 Å². The fourth-order valence-corrected chi connectivity index (χ4v) is 3.42. The number of aliphatic hydroxyl groups excluding tert-OH is 1. The lowest BCUT2D eigenvalue weighted by Gasteiger charge is -2.19. The minimum atomic E-state index is -0.0538. The fourth-order valence-electron chi connectivity index (χ4n) is 3.42. The Morgan fingerprint density at radius 3 is 2.65 bits per heavy atom. The van der Waals surface area contributed by atoms with Crippen LogP contribution in [0.25, 0.3) is 22.2 Å². The SMILES string of the molecule is CCCCNc1cc(NCCO)c2c3c(onc13)-c1ccccc1C2=O. The molecule has 3 N–H and O–H groups in total. The van der Waals surface area contributed by atoms with E-state index in [-0.39, 0.29) is 12.4 Å². The van der Waals surface area contributed by atoms with E-state index in [1.807, 2.05) is 24.3 Å². The number of ketones is 1. The number of benzene rings is 2. The largest absolute Gasteiger partial charge is 0.395 e. The molecule has 0 saturated carbocycles. The maximum absolute atomic E-state index is 13.2. The predicted octanol–water partition coefficient (Wildman–Crippen LogP) is 3.66. The first kappa shape index (κ1) is 16.6. The van der Waals surface area contributed by atoms with Gasteiger partial charge in [-0.25, -0.2) is 0 Å². The van der Waals surface area contributed by atoms with Crippen LogP contribution >= 0.6 is 0 Å². The molecule has 1 aromatic heterocycles. The molecule has 0 bridgehead atoms. The second kappa shape index (κ2) is 6.80. The molecule has 0 aliphatic heterocycles. The van der Waals surface area contributed by atoms with Gasteiger partial charge in [-0.3, -0.25) is 4.79 Å². The summed E-state index contributed by atoms with van der Waals surface area (Å²) in [7, 11) is 0. The van der Waals surface area contributed by atoms with E-state index < -0.39 is 0 Å². The third-order valence-electron chi connectivity index (χ3n) is 4.67. The summed E-state index contributed by atoms with van der Waals surface area (Å²) in [6.45, 7) is 3.30. The molecule has 6 nitrogen and oxygen atoms in total. The van der Waals surface area contributed by atoms with Gasteiger partial charge < -0.3 is 20.3 Å². The smallest absolute Gasteiger partial charge is 0.196 e. The van der Waals surface area contributed by atoms with E-state index >= 15 is 0 Å². The molecule has 0 spiro atoms. The Hall–Kier alpha value is -2.86. The monoisotopic (exact) mass is 351 g/mol. The van der Waals surface area contributed by atoms with Gasteiger partial charge in [-0.1, -0.05) is 42.8 Å². The van der Waals surface area contributed by atoms with E-state index in [4.69, 9.17) is 4.52 Å². The van der Waals surface area contributed by atoms with Crippen LogP contribution in [0.15, 0.2) is 34.9 Å². The quantitative estimate of drug-likeness (QED) is 0.441. The van der Waals surface area contributed by atoms with Crippen molar-refractivity contribution in [3.8, 4) is 11.3 Å². The van der Waals surface area contributed by atoms with Crippen molar-refractivity contribution in [2.24, 2.45) is 0 Å². The third kappa shape index (κ3) is 2.54. The lowest BCUT2D eigenvalue weighted by atomic mass is 9.86. The second-order valence-corrected chi connectivity index (χ2v) is 6.39. The molecule has 0 unspecified atom stereocenters. The van der Waals surface area contributed by atoms with Crippen molar-refractivity contribution in [2.45, 2.75) is 19.8 Å². The molecule has 6 heteroatoms. The minimum Gasteiger partial charge on any atom is -0.395 e. The fraction of sp³-hybridized carbons (Fsp3) is 0.300. The molecule has 0 saturated heterocycles. The van der Waals surface area contributed by atoms with Crippen molar-refractivity contribution in [1.29, 1.82) is 0 Å². The molecule has 1 aliphatic rings. The van der Waals surface area contributed by atoms with Crippen LogP contribution in [0.3, 0.4) is 0 Å². The molecule has 0 radical (unpaired) electrons. The molecular weight excluding hydrogens is 330 g/mol. The van der Waals surface area contributed by atoms with Crippen molar-refractivity contribution in [1.82, 2.24) is 5.16 Å². The molecule has 1 heterocycles. The highest BCUT2D eigenvalue weighted by atomic mass is 16.5. The van der Waals surface area contributed by atoms with E-state index in [0.29, 0.717) is 34.6 Å². The van der Waals surface area contributed by atoms with Crippen molar-refractivity contribution in [3.05, 3.63) is 41.5 Å². The van der Waals surface area contributed by atoms with Gasteiger partial charge in [-0.05, 0) is 12.5 Å². The molecule has 0 amide bonds. The van der Waals surface area contributed by atoms with Crippen LogP contribution in [-0.4, -0.2) is 35.7 Å². The Bertz CT molecular complexity index is 978. The normalized spacial score (nSPS) is 12.3. The molecule has 134 valence electrons. The van der Waals surface area contributed by atoms with Gasteiger partial charge in [-0.2, -0.15) is 0 Å². The zero-order valence-electron chi connectivity index (χ0n) is 14.6. The number of aliphatic hydroxyl groups is 1. The van der Waals surface area contributed by atoms with Crippen LogP contribution in [0.4, 0.5) is 11.4 Å². The number of nitrogens with zero attached hydrogens (tertiary/aromatic N) is 1. The lowest BCUT2D eigenvalue weighted by Crippen LogP contribution is -2.15. The molecule has 4 rings (SSSR count). The number of hydrogen-bond donors (Lipinski definition) is 3. The van der Waals surface area contributed by atoms with Gasteiger partial charge in [0.15, 0.2) is 11.5 Å². The van der Waals surface area contributed by atoms with Gasteiger partial charge in [-0.15, -0.1) is 0 Å². The van der Waals surface area contributed by atoms with Gasteiger partial charge >= 0.3 is 0 Å². The van der Waals surface area contributed by atoms with Crippen LogP contribution in [0, 0.1) is 0 Å². The highest BCUT2D eigenvalue weighted by molar-refractivity contribution is 6.28. The summed E-state index contributed by atoms with van der Waals surface area (Å²) in [6, 6.07) is 9.31. The van der Waals surface area contributed by atoms with Crippen LogP contribution in [0.5, 0.6) is 0 Å². The maximum atomic E-state index is 13.2. The van der Waals surface area contributed by atoms with Crippen molar-refractivity contribution < 1.29 is 14.4 Å². The average Bonchev–Trinajstić information content (AvgIpc) is 3.11.